The maximum atomic E-state index is 13.8. The minimum absolute atomic E-state index is 0.275. The molecule has 0 saturated carbocycles. The molecule has 2 aromatic carbocycles. The Balaban J connectivity index is 2.20. The molecule has 0 bridgehead atoms. The quantitative estimate of drug-likeness (QED) is 0.555. The predicted octanol–water partition coefficient (Wildman–Crippen LogP) is 6.26. The van der Waals surface area contributed by atoms with E-state index in [1.54, 1.807) is 12.1 Å². The Morgan fingerprint density at radius 2 is 1.85 bits per heavy atom. The van der Waals surface area contributed by atoms with E-state index in [9.17, 15) is 4.39 Å². The van der Waals surface area contributed by atoms with Crippen molar-refractivity contribution in [2.45, 2.75) is 31.6 Å². The van der Waals surface area contributed by atoms with Gasteiger partial charge in [-0.1, -0.05) is 53.5 Å². The van der Waals surface area contributed by atoms with E-state index in [0.717, 1.165) is 16.5 Å². The maximum Gasteiger partial charge on any atom is 0.128 e. The van der Waals surface area contributed by atoms with E-state index in [-0.39, 0.29) is 5.82 Å². The maximum absolute atomic E-state index is 13.8. The second kappa shape index (κ2) is 7.24. The number of halogens is 3. The second-order valence-corrected chi connectivity index (χ2v) is 6.23. The van der Waals surface area contributed by atoms with Gasteiger partial charge in [0.05, 0.1) is 5.38 Å². The number of hydrogen-bond donors (Lipinski definition) is 0. The van der Waals surface area contributed by atoms with Crippen molar-refractivity contribution < 1.29 is 4.39 Å². The molecule has 0 fully saturated rings. The van der Waals surface area contributed by atoms with Crippen LogP contribution in [0.5, 0.6) is 0 Å². The zero-order chi connectivity index (χ0) is 14.5. The molecule has 2 aromatic rings. The summed E-state index contributed by atoms with van der Waals surface area (Å²) in [5.74, 6) is -0.275. The van der Waals surface area contributed by atoms with E-state index in [2.05, 4.69) is 35.0 Å². The van der Waals surface area contributed by atoms with Crippen LogP contribution < -0.4 is 0 Å². The van der Waals surface area contributed by atoms with E-state index in [1.165, 1.54) is 24.5 Å². The van der Waals surface area contributed by atoms with Gasteiger partial charge < -0.3 is 0 Å². The molecule has 1 unspecified atom stereocenters. The van der Waals surface area contributed by atoms with Crippen molar-refractivity contribution in [1.82, 2.24) is 0 Å². The van der Waals surface area contributed by atoms with Gasteiger partial charge in [0, 0.05) is 10.0 Å². The third-order valence-electron chi connectivity index (χ3n) is 3.32. The fraction of sp³-hybridized carbons (Fsp3) is 0.294. The number of alkyl halides is 1. The van der Waals surface area contributed by atoms with E-state index < -0.39 is 5.38 Å². The topological polar surface area (TPSA) is 0 Å². The molecule has 0 N–H and O–H groups in total. The molecule has 0 nitrogen and oxygen atoms in total. The molecule has 1 atom stereocenters. The van der Waals surface area contributed by atoms with E-state index in [4.69, 9.17) is 11.6 Å². The lowest BCUT2D eigenvalue weighted by atomic mass is 10.0. The van der Waals surface area contributed by atoms with Crippen LogP contribution in [0.2, 0.25) is 0 Å². The molecule has 20 heavy (non-hydrogen) atoms. The minimum atomic E-state index is -0.465. The van der Waals surface area contributed by atoms with Gasteiger partial charge in [-0.15, -0.1) is 11.6 Å². The van der Waals surface area contributed by atoms with Crippen LogP contribution in [0.15, 0.2) is 46.9 Å². The Hall–Kier alpha value is -0.860. The fourth-order valence-corrected chi connectivity index (χ4v) is 2.81. The van der Waals surface area contributed by atoms with Gasteiger partial charge in [-0.25, -0.2) is 4.39 Å². The van der Waals surface area contributed by atoms with Gasteiger partial charge >= 0.3 is 0 Å². The Morgan fingerprint density at radius 3 is 2.50 bits per heavy atom. The van der Waals surface area contributed by atoms with Crippen molar-refractivity contribution in [3.8, 4) is 0 Å². The van der Waals surface area contributed by atoms with Crippen LogP contribution in [-0.2, 0) is 6.42 Å². The Kier molecular flexibility index (Phi) is 5.62. The molecular weight excluding hydrogens is 339 g/mol. The lowest BCUT2D eigenvalue weighted by molar-refractivity contribution is 0.612. The van der Waals surface area contributed by atoms with Gasteiger partial charge in [0.25, 0.3) is 0 Å². The lowest BCUT2D eigenvalue weighted by Crippen LogP contribution is -1.97. The van der Waals surface area contributed by atoms with Crippen molar-refractivity contribution in [1.29, 1.82) is 0 Å². The molecule has 0 aromatic heterocycles. The number of aryl methyl sites for hydroxylation is 1. The fourth-order valence-electron chi connectivity index (χ4n) is 2.12. The van der Waals surface area contributed by atoms with Crippen molar-refractivity contribution in [3.05, 3.63) is 69.4 Å². The van der Waals surface area contributed by atoms with Crippen LogP contribution >= 0.6 is 27.5 Å². The highest BCUT2D eigenvalue weighted by Crippen LogP contribution is 2.32. The summed E-state index contributed by atoms with van der Waals surface area (Å²) in [6.45, 7) is 2.18. The summed E-state index contributed by atoms with van der Waals surface area (Å²) in [7, 11) is 0. The number of benzene rings is 2. The van der Waals surface area contributed by atoms with Gasteiger partial charge in [0.2, 0.25) is 0 Å². The molecule has 3 heteroatoms. The molecule has 0 saturated heterocycles. The van der Waals surface area contributed by atoms with Gasteiger partial charge in [-0.3, -0.25) is 0 Å². The van der Waals surface area contributed by atoms with Crippen LogP contribution in [0, 0.1) is 5.82 Å². The van der Waals surface area contributed by atoms with Crippen LogP contribution in [0.1, 0.15) is 41.8 Å². The molecule has 2 rings (SSSR count). The SMILES string of the molecule is CCCCc1ccc(C(Cl)c2cc(Br)ccc2F)cc1. The molecule has 106 valence electrons. The number of hydrogen-bond acceptors (Lipinski definition) is 0. The first-order valence-corrected chi connectivity index (χ1v) is 8.02. The zero-order valence-electron chi connectivity index (χ0n) is 11.4. The van der Waals surface area contributed by atoms with Gasteiger partial charge in [0.15, 0.2) is 0 Å². The molecule has 0 aliphatic carbocycles. The van der Waals surface area contributed by atoms with Gasteiger partial charge in [0.1, 0.15) is 5.82 Å². The largest absolute Gasteiger partial charge is 0.207 e. The molecule has 0 aliphatic rings. The average molecular weight is 356 g/mol. The van der Waals surface area contributed by atoms with Crippen LogP contribution in [-0.4, -0.2) is 0 Å². The zero-order valence-corrected chi connectivity index (χ0v) is 13.7. The predicted molar refractivity (Wildman–Crippen MR) is 86.9 cm³/mol. The summed E-state index contributed by atoms with van der Waals surface area (Å²) in [5.41, 5.74) is 2.72. The summed E-state index contributed by atoms with van der Waals surface area (Å²) in [4.78, 5) is 0. The smallest absolute Gasteiger partial charge is 0.128 e. The standard InChI is InChI=1S/C17H17BrClF/c1-2-3-4-12-5-7-13(8-6-12)17(19)15-11-14(18)9-10-16(15)20/h5-11,17H,2-4H2,1H3. The van der Waals surface area contributed by atoms with Crippen molar-refractivity contribution in [2.24, 2.45) is 0 Å². The Labute approximate surface area is 133 Å². The summed E-state index contributed by atoms with van der Waals surface area (Å²) in [5, 5.41) is -0.465. The summed E-state index contributed by atoms with van der Waals surface area (Å²) < 4.78 is 14.7. The van der Waals surface area contributed by atoms with E-state index in [1.807, 2.05) is 12.1 Å². The highest BCUT2D eigenvalue weighted by Gasteiger charge is 2.15. The number of unbranched alkanes of at least 4 members (excludes halogenated alkanes) is 1. The third kappa shape index (κ3) is 3.83. The Bertz CT molecular complexity index is 566. The molecule has 0 heterocycles. The molecule has 0 radical (unpaired) electrons. The lowest BCUT2D eigenvalue weighted by Gasteiger charge is -2.12. The highest BCUT2D eigenvalue weighted by molar-refractivity contribution is 9.10. The second-order valence-electron chi connectivity index (χ2n) is 4.87. The molecule has 0 amide bonds. The van der Waals surface area contributed by atoms with Gasteiger partial charge in [-0.2, -0.15) is 0 Å². The first-order chi connectivity index (χ1) is 9.61. The first kappa shape index (κ1) is 15.5. The molecular formula is C17H17BrClF. The van der Waals surface area contributed by atoms with E-state index in [0.29, 0.717) is 5.56 Å². The highest BCUT2D eigenvalue weighted by atomic mass is 79.9. The normalized spacial score (nSPS) is 12.4. The Morgan fingerprint density at radius 1 is 1.15 bits per heavy atom. The van der Waals surface area contributed by atoms with Crippen LogP contribution in [0.25, 0.3) is 0 Å². The summed E-state index contributed by atoms with van der Waals surface area (Å²) in [6.07, 6.45) is 3.45. The summed E-state index contributed by atoms with van der Waals surface area (Å²) >= 11 is 9.76. The third-order valence-corrected chi connectivity index (χ3v) is 4.30. The van der Waals surface area contributed by atoms with E-state index >= 15 is 0 Å². The van der Waals surface area contributed by atoms with Crippen LogP contribution in [0.4, 0.5) is 4.39 Å². The number of rotatable bonds is 5. The molecule has 0 aliphatic heterocycles. The minimum Gasteiger partial charge on any atom is -0.207 e. The van der Waals surface area contributed by atoms with Crippen molar-refractivity contribution in [2.75, 3.05) is 0 Å². The monoisotopic (exact) mass is 354 g/mol. The summed E-state index contributed by atoms with van der Waals surface area (Å²) in [6, 6.07) is 13.0. The molecule has 0 spiro atoms. The van der Waals surface area contributed by atoms with Crippen molar-refractivity contribution in [3.63, 3.8) is 0 Å². The van der Waals surface area contributed by atoms with Crippen molar-refractivity contribution >= 4 is 27.5 Å². The van der Waals surface area contributed by atoms with Gasteiger partial charge in [-0.05, 0) is 42.2 Å². The first-order valence-electron chi connectivity index (χ1n) is 6.79. The average Bonchev–Trinajstić information content (AvgIpc) is 2.47. The van der Waals surface area contributed by atoms with Crippen LogP contribution in [0.3, 0.4) is 0 Å².